The highest BCUT2D eigenvalue weighted by Gasteiger charge is 2.22. The van der Waals surface area contributed by atoms with Gasteiger partial charge in [0.15, 0.2) is 6.61 Å². The molecule has 42 heavy (non-hydrogen) atoms. The number of para-hydroxylation sites is 2. The van der Waals surface area contributed by atoms with Crippen LogP contribution in [0.25, 0.3) is 0 Å². The number of amides is 3. The largest absolute Gasteiger partial charge is 0.495 e. The summed E-state index contributed by atoms with van der Waals surface area (Å²) in [5, 5.41) is 8.51. The predicted octanol–water partition coefficient (Wildman–Crippen LogP) is 5.64. The lowest BCUT2D eigenvalue weighted by Crippen LogP contribution is -2.31. The maximum Gasteiger partial charge on any atom is 0.308 e. The highest BCUT2D eigenvalue weighted by Crippen LogP contribution is 2.24. The van der Waals surface area contributed by atoms with Gasteiger partial charge in [0.25, 0.3) is 17.7 Å². The summed E-state index contributed by atoms with van der Waals surface area (Å²) in [5.41, 5.74) is 2.28. The summed E-state index contributed by atoms with van der Waals surface area (Å²) in [5.74, 6) is -1.50. The molecule has 4 aromatic rings. The molecule has 0 bridgehead atoms. The minimum atomic E-state index is -0.708. The van der Waals surface area contributed by atoms with Crippen molar-refractivity contribution in [3.8, 4) is 5.75 Å². The number of anilines is 2. The molecular formula is C32H28ClN3O6. The van der Waals surface area contributed by atoms with Crippen LogP contribution in [0.1, 0.15) is 38.7 Å². The van der Waals surface area contributed by atoms with Gasteiger partial charge in [-0.3, -0.25) is 19.2 Å². The van der Waals surface area contributed by atoms with Gasteiger partial charge in [0.2, 0.25) is 0 Å². The van der Waals surface area contributed by atoms with E-state index in [1.165, 1.54) is 7.11 Å². The van der Waals surface area contributed by atoms with Crippen LogP contribution in [-0.2, 0) is 14.3 Å². The fourth-order valence-corrected chi connectivity index (χ4v) is 4.26. The Kier molecular flexibility index (Phi) is 10.3. The molecule has 0 saturated heterocycles. The molecule has 214 valence electrons. The van der Waals surface area contributed by atoms with Crippen LogP contribution in [0.4, 0.5) is 11.4 Å². The minimum absolute atomic E-state index is 0.205. The van der Waals surface area contributed by atoms with Crippen LogP contribution in [-0.4, -0.2) is 37.4 Å². The first-order valence-electron chi connectivity index (χ1n) is 12.9. The summed E-state index contributed by atoms with van der Waals surface area (Å²) < 4.78 is 10.4. The first kappa shape index (κ1) is 29.8. The normalized spacial score (nSPS) is 11.1. The Morgan fingerprint density at radius 3 is 2.14 bits per heavy atom. The fraction of sp³-hybridized carbons (Fsp3) is 0.125. The van der Waals surface area contributed by atoms with Crippen LogP contribution in [0.2, 0.25) is 5.02 Å². The number of carbonyl (C=O) groups excluding carboxylic acids is 4. The van der Waals surface area contributed by atoms with E-state index < -0.39 is 30.4 Å². The Morgan fingerprint density at radius 2 is 1.43 bits per heavy atom. The van der Waals surface area contributed by atoms with Crippen LogP contribution in [0.15, 0.2) is 103 Å². The molecule has 0 unspecified atom stereocenters. The van der Waals surface area contributed by atoms with Gasteiger partial charge < -0.3 is 25.4 Å². The zero-order chi connectivity index (χ0) is 29.9. The second-order valence-electron chi connectivity index (χ2n) is 9.06. The van der Waals surface area contributed by atoms with E-state index in [1.807, 2.05) is 6.07 Å². The molecule has 1 atom stereocenters. The predicted molar refractivity (Wildman–Crippen MR) is 160 cm³/mol. The molecule has 0 aromatic heterocycles. The molecule has 4 rings (SSSR count). The van der Waals surface area contributed by atoms with E-state index in [1.54, 1.807) is 97.1 Å². The van der Waals surface area contributed by atoms with Crippen LogP contribution >= 0.6 is 11.6 Å². The Hall–Kier alpha value is -5.15. The molecule has 0 fully saturated rings. The van der Waals surface area contributed by atoms with E-state index in [0.29, 0.717) is 28.3 Å². The number of rotatable bonds is 11. The second-order valence-corrected chi connectivity index (χ2v) is 9.47. The number of carbonyl (C=O) groups is 4. The number of methoxy groups -OCH3 is 1. The molecule has 10 heteroatoms. The molecule has 0 aliphatic rings. The Labute approximate surface area is 247 Å². The van der Waals surface area contributed by atoms with Crippen molar-refractivity contribution in [3.05, 3.63) is 125 Å². The molecule has 3 N–H and O–H groups in total. The molecule has 0 aliphatic heterocycles. The van der Waals surface area contributed by atoms with Crippen molar-refractivity contribution < 1.29 is 28.7 Å². The van der Waals surface area contributed by atoms with Crippen LogP contribution in [0.3, 0.4) is 0 Å². The van der Waals surface area contributed by atoms with Gasteiger partial charge in [0, 0.05) is 11.3 Å². The quantitative estimate of drug-likeness (QED) is 0.196. The molecule has 3 amide bonds. The average Bonchev–Trinajstić information content (AvgIpc) is 3.01. The topological polar surface area (TPSA) is 123 Å². The third kappa shape index (κ3) is 8.18. The van der Waals surface area contributed by atoms with Gasteiger partial charge in [-0.1, -0.05) is 66.2 Å². The first-order valence-corrected chi connectivity index (χ1v) is 13.3. The Bertz CT molecular complexity index is 1560. The molecular weight excluding hydrogens is 558 g/mol. The number of ether oxygens (including phenoxy) is 2. The van der Waals surface area contributed by atoms with Gasteiger partial charge >= 0.3 is 5.97 Å². The van der Waals surface area contributed by atoms with Crippen molar-refractivity contribution in [3.63, 3.8) is 0 Å². The van der Waals surface area contributed by atoms with Gasteiger partial charge in [0.05, 0.1) is 35.8 Å². The molecule has 0 spiro atoms. The number of benzene rings is 4. The molecule has 4 aromatic carbocycles. The molecule has 0 aliphatic carbocycles. The number of hydrogen-bond donors (Lipinski definition) is 3. The lowest BCUT2D eigenvalue weighted by atomic mass is 10.0. The van der Waals surface area contributed by atoms with Crippen molar-refractivity contribution >= 4 is 46.7 Å². The molecule has 0 saturated carbocycles. The zero-order valence-electron chi connectivity index (χ0n) is 22.6. The van der Waals surface area contributed by atoms with Crippen molar-refractivity contribution in [2.75, 3.05) is 24.4 Å². The van der Waals surface area contributed by atoms with Crippen molar-refractivity contribution in [1.82, 2.24) is 5.32 Å². The number of nitrogens with one attached hydrogen (secondary N) is 3. The molecule has 0 radical (unpaired) electrons. The molecule has 0 heterocycles. The van der Waals surface area contributed by atoms with Crippen molar-refractivity contribution in [2.45, 2.75) is 12.5 Å². The Morgan fingerprint density at radius 1 is 0.762 bits per heavy atom. The summed E-state index contributed by atoms with van der Waals surface area (Å²) in [6, 6.07) is 28.1. The second kappa shape index (κ2) is 14.5. The fourth-order valence-electron chi connectivity index (χ4n) is 4.03. The standard InChI is InChI=1S/C32H28ClN3O6/c1-41-28-14-8-7-13-26(28)35-31(39)22-15-17-23(18-16-22)34-29(37)20-42-30(38)19-27(21-9-3-2-4-10-21)36-32(40)24-11-5-6-12-25(24)33/h2-18,27H,19-20H2,1H3,(H,34,37)(H,35,39)(H,36,40)/t27-/m1/s1. The highest BCUT2D eigenvalue weighted by atomic mass is 35.5. The van der Waals surface area contributed by atoms with Gasteiger partial charge in [-0.25, -0.2) is 0 Å². The summed E-state index contributed by atoms with van der Waals surface area (Å²) in [6.45, 7) is -0.533. The summed E-state index contributed by atoms with van der Waals surface area (Å²) in [6.07, 6.45) is -0.205. The first-order chi connectivity index (χ1) is 20.3. The minimum Gasteiger partial charge on any atom is -0.495 e. The summed E-state index contributed by atoms with van der Waals surface area (Å²) in [4.78, 5) is 50.5. The number of hydrogen-bond acceptors (Lipinski definition) is 6. The third-order valence-electron chi connectivity index (χ3n) is 6.15. The smallest absolute Gasteiger partial charge is 0.308 e. The van der Waals surface area contributed by atoms with Crippen molar-refractivity contribution in [1.29, 1.82) is 0 Å². The number of halogens is 1. The average molecular weight is 586 g/mol. The molecule has 9 nitrogen and oxygen atoms in total. The lowest BCUT2D eigenvalue weighted by Gasteiger charge is -2.19. The zero-order valence-corrected chi connectivity index (χ0v) is 23.4. The highest BCUT2D eigenvalue weighted by molar-refractivity contribution is 6.33. The van der Waals surface area contributed by atoms with Gasteiger partial charge in [0.1, 0.15) is 5.75 Å². The van der Waals surface area contributed by atoms with Crippen LogP contribution in [0, 0.1) is 0 Å². The van der Waals surface area contributed by atoms with E-state index >= 15 is 0 Å². The monoisotopic (exact) mass is 585 g/mol. The lowest BCUT2D eigenvalue weighted by molar-refractivity contribution is -0.147. The van der Waals surface area contributed by atoms with Gasteiger partial charge in [-0.15, -0.1) is 0 Å². The van der Waals surface area contributed by atoms with Crippen LogP contribution < -0.4 is 20.7 Å². The van der Waals surface area contributed by atoms with Crippen LogP contribution in [0.5, 0.6) is 5.75 Å². The van der Waals surface area contributed by atoms with Gasteiger partial charge in [-0.2, -0.15) is 0 Å². The maximum absolute atomic E-state index is 12.8. The van der Waals surface area contributed by atoms with E-state index in [-0.39, 0.29) is 22.9 Å². The summed E-state index contributed by atoms with van der Waals surface area (Å²) >= 11 is 6.15. The van der Waals surface area contributed by atoms with E-state index in [2.05, 4.69) is 16.0 Å². The SMILES string of the molecule is COc1ccccc1NC(=O)c1ccc(NC(=O)COC(=O)C[C@@H](NC(=O)c2ccccc2Cl)c2ccccc2)cc1. The van der Waals surface area contributed by atoms with E-state index in [0.717, 1.165) is 0 Å². The van der Waals surface area contributed by atoms with Crippen molar-refractivity contribution in [2.24, 2.45) is 0 Å². The Balaban J connectivity index is 1.30. The third-order valence-corrected chi connectivity index (χ3v) is 6.48. The maximum atomic E-state index is 12.8. The number of esters is 1. The van der Waals surface area contributed by atoms with E-state index in [4.69, 9.17) is 21.1 Å². The van der Waals surface area contributed by atoms with Gasteiger partial charge in [-0.05, 0) is 54.1 Å². The summed E-state index contributed by atoms with van der Waals surface area (Å²) in [7, 11) is 1.52. The van der Waals surface area contributed by atoms with E-state index in [9.17, 15) is 19.2 Å².